The SMILES string of the molecule is CCCOC(=O)Nc1ccc(-c2nc([C@H](Cc3ccccc3)NC(=O)NCc3cc(Cl)ccc3NS(C)(=O)=O)[nH]c2Cl)cc1. The van der Waals surface area contributed by atoms with Gasteiger partial charge >= 0.3 is 12.1 Å². The number of imidazole rings is 1. The Morgan fingerprint density at radius 2 is 1.75 bits per heavy atom. The molecule has 0 saturated carbocycles. The van der Waals surface area contributed by atoms with Crippen LogP contribution in [0.15, 0.2) is 72.8 Å². The second-order valence-corrected chi connectivity index (χ2v) is 12.4. The van der Waals surface area contributed by atoms with Crippen LogP contribution in [0.2, 0.25) is 10.2 Å². The molecule has 0 bridgehead atoms. The van der Waals surface area contributed by atoms with Gasteiger partial charge in [0.1, 0.15) is 16.7 Å². The number of nitrogens with one attached hydrogen (secondary N) is 5. The van der Waals surface area contributed by atoms with Crippen LogP contribution in [-0.2, 0) is 27.7 Å². The molecule has 3 aromatic carbocycles. The van der Waals surface area contributed by atoms with Gasteiger partial charge in [0.05, 0.1) is 24.6 Å². The number of amides is 3. The molecule has 11 nitrogen and oxygen atoms in total. The summed E-state index contributed by atoms with van der Waals surface area (Å²) < 4.78 is 31.1. The number of ether oxygens (including phenoxy) is 1. The van der Waals surface area contributed by atoms with E-state index in [1.165, 1.54) is 6.07 Å². The van der Waals surface area contributed by atoms with Gasteiger partial charge in [-0.1, -0.05) is 72.6 Å². The van der Waals surface area contributed by atoms with Crippen LogP contribution < -0.4 is 20.7 Å². The van der Waals surface area contributed by atoms with Crippen LogP contribution in [0.3, 0.4) is 0 Å². The van der Waals surface area contributed by atoms with Gasteiger partial charge in [-0.25, -0.2) is 23.0 Å². The number of carbonyl (C=O) groups excluding carboxylic acids is 2. The van der Waals surface area contributed by atoms with E-state index in [1.54, 1.807) is 36.4 Å². The molecule has 14 heteroatoms. The fourth-order valence-electron chi connectivity index (χ4n) is 4.24. The zero-order chi connectivity index (χ0) is 31.7. The molecular formula is C30H32Cl2N6O5S. The lowest BCUT2D eigenvalue weighted by atomic mass is 10.1. The van der Waals surface area contributed by atoms with Gasteiger partial charge in [0.25, 0.3) is 0 Å². The van der Waals surface area contributed by atoms with Crippen molar-refractivity contribution in [2.24, 2.45) is 0 Å². The van der Waals surface area contributed by atoms with Crippen molar-refractivity contribution in [1.82, 2.24) is 20.6 Å². The molecule has 0 fully saturated rings. The van der Waals surface area contributed by atoms with E-state index in [4.69, 9.17) is 32.9 Å². The van der Waals surface area contributed by atoms with Gasteiger partial charge in [0.2, 0.25) is 10.0 Å². The lowest BCUT2D eigenvalue weighted by molar-refractivity contribution is 0.161. The first kappa shape index (κ1) is 32.6. The number of aromatic amines is 1. The molecule has 0 spiro atoms. The molecule has 0 aliphatic rings. The Balaban J connectivity index is 1.51. The van der Waals surface area contributed by atoms with E-state index in [1.807, 2.05) is 37.3 Å². The Labute approximate surface area is 265 Å². The molecule has 0 aliphatic carbocycles. The highest BCUT2D eigenvalue weighted by Crippen LogP contribution is 2.29. The number of benzene rings is 3. The highest BCUT2D eigenvalue weighted by molar-refractivity contribution is 7.92. The number of carbonyl (C=O) groups is 2. The molecule has 44 heavy (non-hydrogen) atoms. The van der Waals surface area contributed by atoms with E-state index in [2.05, 4.69) is 25.7 Å². The molecule has 5 N–H and O–H groups in total. The maximum Gasteiger partial charge on any atom is 0.411 e. The lowest BCUT2D eigenvalue weighted by Crippen LogP contribution is -2.39. The first-order chi connectivity index (χ1) is 21.0. The number of hydrogen-bond donors (Lipinski definition) is 5. The molecule has 0 radical (unpaired) electrons. The molecule has 1 aromatic heterocycles. The third-order valence-corrected chi connectivity index (χ3v) is 7.34. The molecule has 0 saturated heterocycles. The molecule has 4 aromatic rings. The summed E-state index contributed by atoms with van der Waals surface area (Å²) in [7, 11) is -3.55. The van der Waals surface area contributed by atoms with Crippen LogP contribution in [-0.4, -0.2) is 43.4 Å². The monoisotopic (exact) mass is 658 g/mol. The Morgan fingerprint density at radius 1 is 1.02 bits per heavy atom. The molecule has 232 valence electrons. The van der Waals surface area contributed by atoms with Crippen molar-refractivity contribution < 1.29 is 22.7 Å². The minimum absolute atomic E-state index is 0.00115. The standard InChI is InChI=1S/C30H32Cl2N6O5S/c1-3-15-43-30(40)34-23-12-9-20(10-13-23)26-27(32)37-28(36-26)25(16-19-7-5-4-6-8-19)35-29(39)33-18-21-17-22(31)11-14-24(21)38-44(2,41)42/h4-14,17,25,38H,3,15-16,18H2,1-2H3,(H,34,40)(H,36,37)(H2,33,35,39)/t25-/m0/s1. The van der Waals surface area contributed by atoms with E-state index in [0.717, 1.165) is 18.2 Å². The number of anilines is 2. The molecule has 0 unspecified atom stereocenters. The predicted octanol–water partition coefficient (Wildman–Crippen LogP) is 6.50. The fraction of sp³-hybridized carbons (Fsp3) is 0.233. The van der Waals surface area contributed by atoms with Crippen molar-refractivity contribution in [1.29, 1.82) is 0 Å². The quantitative estimate of drug-likeness (QED) is 0.117. The second kappa shape index (κ2) is 15.0. The molecule has 1 heterocycles. The Bertz CT molecular complexity index is 1700. The van der Waals surface area contributed by atoms with E-state index < -0.39 is 28.2 Å². The van der Waals surface area contributed by atoms with E-state index >= 15 is 0 Å². The topological polar surface area (TPSA) is 154 Å². The highest BCUT2D eigenvalue weighted by Gasteiger charge is 2.22. The minimum Gasteiger partial charge on any atom is -0.449 e. The van der Waals surface area contributed by atoms with Gasteiger partial charge in [-0.15, -0.1) is 0 Å². The highest BCUT2D eigenvalue weighted by atomic mass is 35.5. The molecule has 4 rings (SSSR count). The summed E-state index contributed by atoms with van der Waals surface area (Å²) in [6.45, 7) is 2.24. The maximum atomic E-state index is 13.1. The van der Waals surface area contributed by atoms with Crippen LogP contribution in [0.25, 0.3) is 11.3 Å². The first-order valence-corrected chi connectivity index (χ1v) is 16.3. The Hall–Kier alpha value is -4.26. The largest absolute Gasteiger partial charge is 0.449 e. The number of rotatable bonds is 12. The zero-order valence-electron chi connectivity index (χ0n) is 24.0. The van der Waals surface area contributed by atoms with Crippen LogP contribution in [0.1, 0.15) is 36.3 Å². The summed E-state index contributed by atoms with van der Waals surface area (Å²) >= 11 is 12.7. The van der Waals surface area contributed by atoms with Crippen molar-refractivity contribution in [3.63, 3.8) is 0 Å². The van der Waals surface area contributed by atoms with Gasteiger partial charge in [0.15, 0.2) is 0 Å². The van der Waals surface area contributed by atoms with E-state index in [-0.39, 0.29) is 11.7 Å². The van der Waals surface area contributed by atoms with Crippen molar-refractivity contribution >= 4 is 56.7 Å². The minimum atomic E-state index is -3.55. The third-order valence-electron chi connectivity index (χ3n) is 6.24. The predicted molar refractivity (Wildman–Crippen MR) is 172 cm³/mol. The normalized spacial score (nSPS) is 11.8. The summed E-state index contributed by atoms with van der Waals surface area (Å²) in [5.74, 6) is 0.427. The van der Waals surface area contributed by atoms with Crippen molar-refractivity contribution in [3.8, 4) is 11.3 Å². The first-order valence-electron chi connectivity index (χ1n) is 13.6. The van der Waals surface area contributed by atoms with E-state index in [9.17, 15) is 18.0 Å². The van der Waals surface area contributed by atoms with Gasteiger partial charge in [-0.3, -0.25) is 10.0 Å². The third kappa shape index (κ3) is 9.63. The zero-order valence-corrected chi connectivity index (χ0v) is 26.3. The smallest absolute Gasteiger partial charge is 0.411 e. The molecule has 0 aliphatic heterocycles. The average molecular weight is 660 g/mol. The average Bonchev–Trinajstić information content (AvgIpc) is 3.37. The van der Waals surface area contributed by atoms with Crippen molar-refractivity contribution in [2.45, 2.75) is 32.4 Å². The number of urea groups is 1. The number of H-pyrrole nitrogens is 1. The summed E-state index contributed by atoms with van der Waals surface area (Å²) in [4.78, 5) is 32.8. The molecular weight excluding hydrogens is 627 g/mol. The van der Waals surface area contributed by atoms with Crippen LogP contribution in [0.4, 0.5) is 21.0 Å². The maximum absolute atomic E-state index is 13.1. The fourth-order valence-corrected chi connectivity index (χ4v) is 5.29. The van der Waals surface area contributed by atoms with Gasteiger partial charge in [-0.2, -0.15) is 0 Å². The second-order valence-electron chi connectivity index (χ2n) is 9.87. The number of halogens is 2. The number of hydrogen-bond acceptors (Lipinski definition) is 6. The van der Waals surface area contributed by atoms with E-state index in [0.29, 0.717) is 52.1 Å². The number of aromatic nitrogens is 2. The van der Waals surface area contributed by atoms with Gasteiger partial charge in [-0.05, 0) is 54.3 Å². The molecule has 3 amide bonds. The van der Waals surface area contributed by atoms with Crippen LogP contribution in [0, 0.1) is 0 Å². The van der Waals surface area contributed by atoms with Gasteiger partial charge < -0.3 is 20.4 Å². The Kier molecular flexibility index (Phi) is 11.1. The lowest BCUT2D eigenvalue weighted by Gasteiger charge is -2.18. The van der Waals surface area contributed by atoms with Crippen molar-refractivity contribution in [3.05, 3.63) is 99.9 Å². The van der Waals surface area contributed by atoms with Crippen LogP contribution in [0.5, 0.6) is 0 Å². The number of nitrogens with zero attached hydrogens (tertiary/aromatic N) is 1. The molecule has 1 atom stereocenters. The summed E-state index contributed by atoms with van der Waals surface area (Å²) in [6, 6.07) is 20.1. The summed E-state index contributed by atoms with van der Waals surface area (Å²) in [5.41, 5.74) is 3.46. The summed E-state index contributed by atoms with van der Waals surface area (Å²) in [5, 5.41) is 9.03. The van der Waals surface area contributed by atoms with Gasteiger partial charge in [0, 0.05) is 22.8 Å². The van der Waals surface area contributed by atoms with Crippen LogP contribution >= 0.6 is 23.2 Å². The summed E-state index contributed by atoms with van der Waals surface area (Å²) in [6.07, 6.45) is 1.63. The number of sulfonamides is 1. The van der Waals surface area contributed by atoms with Crippen molar-refractivity contribution in [2.75, 3.05) is 22.9 Å². The Morgan fingerprint density at radius 3 is 2.43 bits per heavy atom.